The lowest BCUT2D eigenvalue weighted by atomic mass is 9.87. The fraction of sp³-hybridized carbons (Fsp3) is 0.400. The second-order valence-electron chi connectivity index (χ2n) is 9.03. The molecule has 1 aromatic heterocycles. The van der Waals surface area contributed by atoms with Crippen molar-refractivity contribution in [3.8, 4) is 17.1 Å². The number of rotatable bonds is 7. The van der Waals surface area contributed by atoms with Gasteiger partial charge >= 0.3 is 0 Å². The minimum Gasteiger partial charge on any atom is -0.376 e. The molecule has 1 aliphatic heterocycles. The van der Waals surface area contributed by atoms with Crippen LogP contribution in [0.5, 0.6) is 0 Å². The molecule has 1 unspecified atom stereocenters. The van der Waals surface area contributed by atoms with Crippen molar-refractivity contribution in [3.05, 3.63) is 60.2 Å². The van der Waals surface area contributed by atoms with E-state index in [-0.39, 0.29) is 23.2 Å². The SMILES string of the molecule is CC(C)(C)c1ccc(-c2nnc(SCC(=O)NCC3CCCO3)n2-c2ccccc2)cc1. The topological polar surface area (TPSA) is 69.0 Å². The summed E-state index contributed by atoms with van der Waals surface area (Å²) < 4.78 is 7.59. The van der Waals surface area contributed by atoms with E-state index in [0.717, 1.165) is 36.5 Å². The van der Waals surface area contributed by atoms with Crippen LogP contribution in [-0.4, -0.2) is 45.7 Å². The van der Waals surface area contributed by atoms with Crippen molar-refractivity contribution in [2.24, 2.45) is 0 Å². The second-order valence-corrected chi connectivity index (χ2v) is 9.97. The molecule has 32 heavy (non-hydrogen) atoms. The lowest BCUT2D eigenvalue weighted by Gasteiger charge is -2.19. The highest BCUT2D eigenvalue weighted by atomic mass is 32.2. The van der Waals surface area contributed by atoms with Crippen LogP contribution in [0.15, 0.2) is 59.8 Å². The van der Waals surface area contributed by atoms with Gasteiger partial charge in [-0.25, -0.2) is 0 Å². The van der Waals surface area contributed by atoms with Crippen LogP contribution in [0.2, 0.25) is 0 Å². The van der Waals surface area contributed by atoms with Crippen LogP contribution in [-0.2, 0) is 14.9 Å². The molecule has 4 rings (SSSR count). The lowest BCUT2D eigenvalue weighted by Crippen LogP contribution is -2.32. The molecule has 0 radical (unpaired) electrons. The number of carbonyl (C=O) groups excluding carboxylic acids is 1. The summed E-state index contributed by atoms with van der Waals surface area (Å²) in [5, 5.41) is 12.6. The van der Waals surface area contributed by atoms with Crippen molar-refractivity contribution in [2.45, 2.75) is 50.3 Å². The third kappa shape index (κ3) is 5.40. The first kappa shape index (κ1) is 22.6. The summed E-state index contributed by atoms with van der Waals surface area (Å²) >= 11 is 1.39. The van der Waals surface area contributed by atoms with Crippen LogP contribution < -0.4 is 5.32 Å². The second kappa shape index (κ2) is 9.88. The Bertz CT molecular complexity index is 1040. The molecule has 7 heteroatoms. The molecule has 2 aromatic carbocycles. The van der Waals surface area contributed by atoms with Gasteiger partial charge in [0, 0.05) is 24.4 Å². The summed E-state index contributed by atoms with van der Waals surface area (Å²) in [4.78, 5) is 12.4. The van der Waals surface area contributed by atoms with Gasteiger partial charge in [-0.1, -0.05) is 75.0 Å². The number of nitrogens with one attached hydrogen (secondary N) is 1. The molecular weight excluding hydrogens is 420 g/mol. The zero-order chi connectivity index (χ0) is 22.6. The van der Waals surface area contributed by atoms with Gasteiger partial charge in [-0.3, -0.25) is 9.36 Å². The number of aromatic nitrogens is 3. The van der Waals surface area contributed by atoms with Crippen LogP contribution in [0, 0.1) is 0 Å². The summed E-state index contributed by atoms with van der Waals surface area (Å²) in [6.07, 6.45) is 2.21. The fourth-order valence-electron chi connectivity index (χ4n) is 3.69. The average molecular weight is 451 g/mol. The van der Waals surface area contributed by atoms with Gasteiger partial charge in [0.15, 0.2) is 11.0 Å². The highest BCUT2D eigenvalue weighted by Crippen LogP contribution is 2.30. The standard InChI is InChI=1S/C25H30N4O2S/c1-25(2,3)19-13-11-18(12-14-19)23-27-28-24(29(23)20-8-5-4-6-9-20)32-17-22(30)26-16-21-10-7-15-31-21/h4-6,8-9,11-14,21H,7,10,15-17H2,1-3H3,(H,26,30). The van der Waals surface area contributed by atoms with E-state index in [0.29, 0.717) is 11.7 Å². The van der Waals surface area contributed by atoms with Crippen LogP contribution in [0.1, 0.15) is 39.2 Å². The molecule has 0 aliphatic carbocycles. The van der Waals surface area contributed by atoms with E-state index >= 15 is 0 Å². The van der Waals surface area contributed by atoms with E-state index in [1.807, 2.05) is 34.9 Å². The number of hydrogen-bond donors (Lipinski definition) is 1. The summed E-state index contributed by atoms with van der Waals surface area (Å²) in [5.41, 5.74) is 3.31. The Morgan fingerprint density at radius 2 is 1.88 bits per heavy atom. The van der Waals surface area contributed by atoms with E-state index < -0.39 is 0 Å². The predicted octanol–water partition coefficient (Wildman–Crippen LogP) is 4.62. The number of carbonyl (C=O) groups is 1. The van der Waals surface area contributed by atoms with Gasteiger partial charge in [0.1, 0.15) is 0 Å². The minimum absolute atomic E-state index is 0.0239. The first-order valence-corrected chi connectivity index (χ1v) is 12.0. The maximum atomic E-state index is 12.4. The molecule has 168 valence electrons. The third-order valence-electron chi connectivity index (χ3n) is 5.54. The summed E-state index contributed by atoms with van der Waals surface area (Å²) in [5.74, 6) is 1.02. The lowest BCUT2D eigenvalue weighted by molar-refractivity contribution is -0.119. The molecule has 6 nitrogen and oxygen atoms in total. The van der Waals surface area contributed by atoms with E-state index in [9.17, 15) is 4.79 Å². The third-order valence-corrected chi connectivity index (χ3v) is 6.47. The van der Waals surface area contributed by atoms with Gasteiger partial charge in [0.05, 0.1) is 11.9 Å². The number of nitrogens with zero attached hydrogens (tertiary/aromatic N) is 3. The molecule has 1 atom stereocenters. The summed E-state index contributed by atoms with van der Waals surface area (Å²) in [6.45, 7) is 7.96. The normalized spacial score (nSPS) is 16.3. The molecular formula is C25H30N4O2S. The van der Waals surface area contributed by atoms with Crippen molar-refractivity contribution in [1.29, 1.82) is 0 Å². The molecule has 1 N–H and O–H groups in total. The molecule has 2 heterocycles. The summed E-state index contributed by atoms with van der Waals surface area (Å²) in [7, 11) is 0. The van der Waals surface area contributed by atoms with Gasteiger partial charge in [0.25, 0.3) is 0 Å². The van der Waals surface area contributed by atoms with Crippen molar-refractivity contribution in [2.75, 3.05) is 18.9 Å². The fourth-order valence-corrected chi connectivity index (χ4v) is 4.48. The quantitative estimate of drug-likeness (QED) is 0.532. The Morgan fingerprint density at radius 1 is 1.12 bits per heavy atom. The minimum atomic E-state index is -0.0239. The Kier molecular flexibility index (Phi) is 6.96. The van der Waals surface area contributed by atoms with Gasteiger partial charge in [-0.2, -0.15) is 0 Å². The van der Waals surface area contributed by atoms with E-state index in [2.05, 4.69) is 60.6 Å². The molecule has 0 spiro atoms. The van der Waals surface area contributed by atoms with Gasteiger partial charge in [0.2, 0.25) is 5.91 Å². The number of para-hydroxylation sites is 1. The predicted molar refractivity (Wildman–Crippen MR) is 128 cm³/mol. The van der Waals surface area contributed by atoms with Gasteiger partial charge in [-0.05, 0) is 36.0 Å². The molecule has 0 saturated carbocycles. The Labute approximate surface area is 193 Å². The zero-order valence-corrected chi connectivity index (χ0v) is 19.7. The monoisotopic (exact) mass is 450 g/mol. The maximum Gasteiger partial charge on any atom is 0.230 e. The van der Waals surface area contributed by atoms with Gasteiger partial charge in [-0.15, -0.1) is 10.2 Å². The number of hydrogen-bond acceptors (Lipinski definition) is 5. The highest BCUT2D eigenvalue weighted by molar-refractivity contribution is 7.99. The highest BCUT2D eigenvalue weighted by Gasteiger charge is 2.20. The Hall–Kier alpha value is -2.64. The molecule has 1 amide bonds. The first-order valence-electron chi connectivity index (χ1n) is 11.0. The van der Waals surface area contributed by atoms with Crippen molar-refractivity contribution >= 4 is 17.7 Å². The zero-order valence-electron chi connectivity index (χ0n) is 18.9. The molecule has 0 bridgehead atoms. The van der Waals surface area contributed by atoms with Crippen molar-refractivity contribution in [1.82, 2.24) is 20.1 Å². The van der Waals surface area contributed by atoms with Crippen molar-refractivity contribution < 1.29 is 9.53 Å². The summed E-state index contributed by atoms with van der Waals surface area (Å²) in [6, 6.07) is 18.5. The van der Waals surface area contributed by atoms with E-state index in [1.54, 1.807) is 0 Å². The van der Waals surface area contributed by atoms with Crippen LogP contribution in [0.25, 0.3) is 17.1 Å². The van der Waals surface area contributed by atoms with Gasteiger partial charge < -0.3 is 10.1 Å². The molecule has 1 saturated heterocycles. The van der Waals surface area contributed by atoms with Crippen molar-refractivity contribution in [3.63, 3.8) is 0 Å². The number of benzene rings is 2. The van der Waals surface area contributed by atoms with Crippen LogP contribution in [0.4, 0.5) is 0 Å². The average Bonchev–Trinajstić information content (AvgIpc) is 3.46. The molecule has 1 fully saturated rings. The van der Waals surface area contributed by atoms with E-state index in [4.69, 9.17) is 4.74 Å². The maximum absolute atomic E-state index is 12.4. The number of thioether (sulfide) groups is 1. The Morgan fingerprint density at radius 3 is 2.53 bits per heavy atom. The van der Waals surface area contributed by atoms with E-state index in [1.165, 1.54) is 17.3 Å². The largest absolute Gasteiger partial charge is 0.376 e. The first-order chi connectivity index (χ1) is 15.4. The molecule has 3 aromatic rings. The molecule has 1 aliphatic rings. The number of ether oxygens (including phenoxy) is 1. The van der Waals surface area contributed by atoms with Crippen LogP contribution in [0.3, 0.4) is 0 Å². The number of amides is 1. The van der Waals surface area contributed by atoms with Crippen LogP contribution >= 0.6 is 11.8 Å². The Balaban J connectivity index is 1.54. The smallest absolute Gasteiger partial charge is 0.230 e.